The van der Waals surface area contributed by atoms with Crippen molar-refractivity contribution in [2.45, 2.75) is 26.5 Å². The van der Waals surface area contributed by atoms with Gasteiger partial charge < -0.3 is 9.64 Å². The largest absolute Gasteiger partial charge is 0.491 e. The molecule has 1 aliphatic rings. The fourth-order valence-electron chi connectivity index (χ4n) is 3.57. The maximum atomic E-state index is 13.1. The lowest BCUT2D eigenvalue weighted by Crippen LogP contribution is -2.48. The van der Waals surface area contributed by atoms with E-state index in [0.717, 1.165) is 41.6 Å². The van der Waals surface area contributed by atoms with E-state index in [2.05, 4.69) is 4.90 Å². The van der Waals surface area contributed by atoms with Crippen molar-refractivity contribution in [1.29, 1.82) is 0 Å². The standard InChI is InChI=1S/C24H26FN3O2S/c1-17(2)30-21-9-5-19(6-10-21)24(29)28-13-11-27(12-14-28)15-23-26-22(16-31-23)18-3-7-20(25)8-4-18/h3-10,16-17H,11-15H2,1-2H3. The van der Waals surface area contributed by atoms with Crippen LogP contribution >= 0.6 is 11.3 Å². The second kappa shape index (κ2) is 9.58. The normalized spacial score (nSPS) is 14.8. The molecule has 3 aromatic rings. The van der Waals surface area contributed by atoms with Crippen molar-refractivity contribution in [3.8, 4) is 17.0 Å². The van der Waals surface area contributed by atoms with Crippen molar-refractivity contribution in [1.82, 2.24) is 14.8 Å². The van der Waals surface area contributed by atoms with Gasteiger partial charge in [0, 0.05) is 42.7 Å². The van der Waals surface area contributed by atoms with Crippen molar-refractivity contribution in [3.05, 3.63) is 70.3 Å². The first-order chi connectivity index (χ1) is 15.0. The van der Waals surface area contributed by atoms with Gasteiger partial charge in [0.25, 0.3) is 5.91 Å². The van der Waals surface area contributed by atoms with E-state index < -0.39 is 0 Å². The topological polar surface area (TPSA) is 45.7 Å². The number of halogens is 1. The van der Waals surface area contributed by atoms with E-state index >= 15 is 0 Å². The predicted octanol–water partition coefficient (Wildman–Crippen LogP) is 4.69. The van der Waals surface area contributed by atoms with Gasteiger partial charge in [-0.3, -0.25) is 9.69 Å². The van der Waals surface area contributed by atoms with Gasteiger partial charge in [0.1, 0.15) is 16.6 Å². The highest BCUT2D eigenvalue weighted by atomic mass is 32.1. The summed E-state index contributed by atoms with van der Waals surface area (Å²) in [5, 5.41) is 3.04. The van der Waals surface area contributed by atoms with Crippen LogP contribution in [0.1, 0.15) is 29.2 Å². The lowest BCUT2D eigenvalue weighted by molar-refractivity contribution is 0.0628. The van der Waals surface area contributed by atoms with Gasteiger partial charge in [0.2, 0.25) is 0 Å². The maximum absolute atomic E-state index is 13.1. The summed E-state index contributed by atoms with van der Waals surface area (Å²) in [4.78, 5) is 21.7. The quantitative estimate of drug-likeness (QED) is 0.559. The van der Waals surface area contributed by atoms with Crippen LogP contribution in [0.3, 0.4) is 0 Å². The number of aromatic nitrogens is 1. The van der Waals surface area contributed by atoms with E-state index in [1.165, 1.54) is 12.1 Å². The molecule has 2 heterocycles. The lowest BCUT2D eigenvalue weighted by atomic mass is 10.1. The molecule has 0 radical (unpaired) electrons. The minimum atomic E-state index is -0.244. The second-order valence-electron chi connectivity index (χ2n) is 7.89. The molecule has 1 fully saturated rings. The Labute approximate surface area is 186 Å². The summed E-state index contributed by atoms with van der Waals surface area (Å²) < 4.78 is 18.8. The van der Waals surface area contributed by atoms with Gasteiger partial charge in [0.05, 0.1) is 18.3 Å². The molecule has 0 atom stereocenters. The van der Waals surface area contributed by atoms with Crippen molar-refractivity contribution in [3.63, 3.8) is 0 Å². The van der Waals surface area contributed by atoms with Crippen LogP contribution in [0.4, 0.5) is 4.39 Å². The van der Waals surface area contributed by atoms with E-state index in [4.69, 9.17) is 9.72 Å². The van der Waals surface area contributed by atoms with Crippen molar-refractivity contribution < 1.29 is 13.9 Å². The number of rotatable bonds is 6. The number of carbonyl (C=O) groups excluding carboxylic acids is 1. The molecule has 7 heteroatoms. The van der Waals surface area contributed by atoms with Crippen molar-refractivity contribution in [2.75, 3.05) is 26.2 Å². The fourth-order valence-corrected chi connectivity index (χ4v) is 4.41. The summed E-state index contributed by atoms with van der Waals surface area (Å²) in [6.07, 6.45) is 0.110. The van der Waals surface area contributed by atoms with Crippen LogP contribution in [0.5, 0.6) is 5.75 Å². The molecule has 2 aromatic carbocycles. The molecule has 0 aliphatic carbocycles. The Morgan fingerprint density at radius 2 is 1.74 bits per heavy atom. The van der Waals surface area contributed by atoms with Gasteiger partial charge in [0.15, 0.2) is 0 Å². The summed E-state index contributed by atoms with van der Waals surface area (Å²) in [6, 6.07) is 13.8. The van der Waals surface area contributed by atoms with Crippen molar-refractivity contribution in [2.24, 2.45) is 0 Å². The minimum absolute atomic E-state index is 0.0589. The van der Waals surface area contributed by atoms with Gasteiger partial charge in [-0.2, -0.15) is 0 Å². The number of hydrogen-bond donors (Lipinski definition) is 0. The Balaban J connectivity index is 1.30. The average molecular weight is 440 g/mol. The molecule has 31 heavy (non-hydrogen) atoms. The van der Waals surface area contributed by atoms with E-state index in [-0.39, 0.29) is 17.8 Å². The molecule has 1 saturated heterocycles. The van der Waals surface area contributed by atoms with Crippen LogP contribution in [0.15, 0.2) is 53.9 Å². The summed E-state index contributed by atoms with van der Waals surface area (Å²) in [6.45, 7) is 7.73. The van der Waals surface area contributed by atoms with Crippen LogP contribution in [0.2, 0.25) is 0 Å². The van der Waals surface area contributed by atoms with E-state index in [0.29, 0.717) is 18.7 Å². The first-order valence-electron chi connectivity index (χ1n) is 10.5. The Hall–Kier alpha value is -2.77. The highest BCUT2D eigenvalue weighted by molar-refractivity contribution is 7.09. The number of carbonyl (C=O) groups is 1. The molecule has 5 nitrogen and oxygen atoms in total. The van der Waals surface area contributed by atoms with Crippen LogP contribution in [-0.4, -0.2) is 53.0 Å². The third-order valence-electron chi connectivity index (χ3n) is 5.18. The Morgan fingerprint density at radius 3 is 2.39 bits per heavy atom. The zero-order valence-electron chi connectivity index (χ0n) is 17.8. The Kier molecular flexibility index (Phi) is 6.63. The third kappa shape index (κ3) is 5.48. The summed E-state index contributed by atoms with van der Waals surface area (Å²) >= 11 is 1.61. The molecule has 0 bridgehead atoms. The Morgan fingerprint density at radius 1 is 1.06 bits per heavy atom. The van der Waals surface area contributed by atoms with E-state index in [9.17, 15) is 9.18 Å². The molecule has 0 unspecified atom stereocenters. The number of benzene rings is 2. The molecule has 1 aromatic heterocycles. The average Bonchev–Trinajstić information content (AvgIpc) is 3.23. The number of piperazine rings is 1. The van der Waals surface area contributed by atoms with Gasteiger partial charge in [-0.1, -0.05) is 0 Å². The van der Waals surface area contributed by atoms with Crippen LogP contribution < -0.4 is 4.74 Å². The summed E-state index contributed by atoms with van der Waals surface area (Å²) in [5.74, 6) is 0.592. The first kappa shape index (κ1) is 21.5. The zero-order valence-corrected chi connectivity index (χ0v) is 18.6. The highest BCUT2D eigenvalue weighted by Crippen LogP contribution is 2.23. The van der Waals surface area contributed by atoms with Crippen molar-refractivity contribution >= 4 is 17.2 Å². The zero-order chi connectivity index (χ0) is 21.8. The predicted molar refractivity (Wildman–Crippen MR) is 121 cm³/mol. The monoisotopic (exact) mass is 439 g/mol. The minimum Gasteiger partial charge on any atom is -0.491 e. The maximum Gasteiger partial charge on any atom is 0.253 e. The number of ether oxygens (including phenoxy) is 1. The van der Waals surface area contributed by atoms with Crippen LogP contribution in [-0.2, 0) is 6.54 Å². The molecule has 4 rings (SSSR count). The lowest BCUT2D eigenvalue weighted by Gasteiger charge is -2.34. The molecule has 162 valence electrons. The molecule has 1 aliphatic heterocycles. The van der Waals surface area contributed by atoms with Gasteiger partial charge in [-0.15, -0.1) is 11.3 Å². The molecule has 0 spiro atoms. The van der Waals surface area contributed by atoms with Gasteiger partial charge in [-0.05, 0) is 62.4 Å². The number of nitrogens with zero attached hydrogens (tertiary/aromatic N) is 3. The number of amides is 1. The fraction of sp³-hybridized carbons (Fsp3) is 0.333. The smallest absolute Gasteiger partial charge is 0.253 e. The SMILES string of the molecule is CC(C)Oc1ccc(C(=O)N2CCN(Cc3nc(-c4ccc(F)cc4)cs3)CC2)cc1. The first-order valence-corrected chi connectivity index (χ1v) is 11.3. The van der Waals surface area contributed by atoms with Gasteiger partial charge in [-0.25, -0.2) is 9.37 Å². The Bertz CT molecular complexity index is 1010. The molecule has 0 saturated carbocycles. The molecular formula is C24H26FN3O2S. The number of hydrogen-bond acceptors (Lipinski definition) is 5. The summed E-state index contributed by atoms with van der Waals surface area (Å²) in [5.41, 5.74) is 2.48. The van der Waals surface area contributed by atoms with Crippen LogP contribution in [0.25, 0.3) is 11.3 Å². The third-order valence-corrected chi connectivity index (χ3v) is 6.02. The second-order valence-corrected chi connectivity index (χ2v) is 8.84. The van der Waals surface area contributed by atoms with E-state index in [1.807, 2.05) is 48.4 Å². The molecule has 0 N–H and O–H groups in total. The summed E-state index contributed by atoms with van der Waals surface area (Å²) in [7, 11) is 0. The van der Waals surface area contributed by atoms with Crippen LogP contribution in [0, 0.1) is 5.82 Å². The highest BCUT2D eigenvalue weighted by Gasteiger charge is 2.23. The molecule has 1 amide bonds. The number of thiazole rings is 1. The van der Waals surface area contributed by atoms with E-state index in [1.54, 1.807) is 23.5 Å². The molecular weight excluding hydrogens is 413 g/mol. The van der Waals surface area contributed by atoms with Gasteiger partial charge >= 0.3 is 0 Å².